The summed E-state index contributed by atoms with van der Waals surface area (Å²) >= 11 is 0. The summed E-state index contributed by atoms with van der Waals surface area (Å²) in [6, 6.07) is 0. The minimum absolute atomic E-state index is 0.0753. The first-order valence-electron chi connectivity index (χ1n) is 23.8. The summed E-state index contributed by atoms with van der Waals surface area (Å²) in [5.74, 6) is -0.893. The molecule has 0 spiro atoms. The summed E-state index contributed by atoms with van der Waals surface area (Å²) in [5, 5.41) is 0. The molecule has 0 aliphatic heterocycles. The van der Waals surface area contributed by atoms with Gasteiger partial charge in [-0.2, -0.15) is 0 Å². The van der Waals surface area contributed by atoms with Crippen LogP contribution in [-0.4, -0.2) is 37.2 Å². The Hall–Kier alpha value is -2.11. The maximum Gasteiger partial charge on any atom is 0.306 e. The van der Waals surface area contributed by atoms with Crippen LogP contribution in [0.25, 0.3) is 0 Å². The first-order chi connectivity index (χ1) is 27.0. The number of hydrogen-bond donors (Lipinski definition) is 0. The third-order valence-corrected chi connectivity index (χ3v) is 10.4. The van der Waals surface area contributed by atoms with Gasteiger partial charge in [-0.25, -0.2) is 0 Å². The fraction of sp³-hybridized carbons (Fsp3) is 0.857. The molecule has 0 saturated carbocycles. The monoisotopic (exact) mass is 775 g/mol. The third-order valence-electron chi connectivity index (χ3n) is 10.4. The molecule has 0 aliphatic carbocycles. The second-order valence-electron chi connectivity index (χ2n) is 16.0. The number of allylic oxidation sites excluding steroid dienone is 4. The molecule has 0 bridgehead atoms. The van der Waals surface area contributed by atoms with Crippen LogP contribution in [0.3, 0.4) is 0 Å². The number of ether oxygens (including phenoxy) is 3. The fourth-order valence-corrected chi connectivity index (χ4v) is 6.78. The third kappa shape index (κ3) is 42.9. The van der Waals surface area contributed by atoms with Gasteiger partial charge in [-0.1, -0.05) is 186 Å². The molecule has 322 valence electrons. The molecule has 0 aliphatic rings. The van der Waals surface area contributed by atoms with Crippen LogP contribution in [0, 0.1) is 0 Å². The minimum atomic E-state index is -0.772. The van der Waals surface area contributed by atoms with Crippen molar-refractivity contribution in [2.24, 2.45) is 0 Å². The number of carbonyl (C=O) groups is 3. The van der Waals surface area contributed by atoms with Gasteiger partial charge in [-0.3, -0.25) is 14.4 Å². The summed E-state index contributed by atoms with van der Waals surface area (Å²) in [4.78, 5) is 37.7. The summed E-state index contributed by atoms with van der Waals surface area (Å²) in [6.45, 7) is 6.58. The maximum atomic E-state index is 12.7. The Balaban J connectivity index is 4.30. The predicted octanol–water partition coefficient (Wildman–Crippen LogP) is 15.2. The van der Waals surface area contributed by atoms with E-state index in [1.807, 2.05) is 0 Å². The Morgan fingerprint density at radius 3 is 0.909 bits per heavy atom. The van der Waals surface area contributed by atoms with Gasteiger partial charge < -0.3 is 14.2 Å². The first-order valence-corrected chi connectivity index (χ1v) is 23.8. The Bertz CT molecular complexity index is 896. The number of esters is 3. The molecule has 0 N–H and O–H groups in total. The van der Waals surface area contributed by atoms with Crippen LogP contribution in [0.5, 0.6) is 0 Å². The maximum absolute atomic E-state index is 12.7. The minimum Gasteiger partial charge on any atom is -0.462 e. The Kier molecular flexibility index (Phi) is 42.9. The molecule has 1 unspecified atom stereocenters. The van der Waals surface area contributed by atoms with Gasteiger partial charge in [0.15, 0.2) is 6.10 Å². The molecule has 0 aromatic carbocycles. The molecule has 0 rings (SSSR count). The molecule has 1 atom stereocenters. The summed E-state index contributed by atoms with van der Waals surface area (Å²) < 4.78 is 16.7. The first kappa shape index (κ1) is 52.9. The molecule has 6 nitrogen and oxygen atoms in total. The van der Waals surface area contributed by atoms with E-state index in [0.29, 0.717) is 19.3 Å². The molecular weight excluding hydrogens is 685 g/mol. The predicted molar refractivity (Wildman–Crippen MR) is 233 cm³/mol. The standard InChI is InChI=1S/C49H90O6/c1-4-7-10-13-16-18-20-22-24-26-28-30-33-36-39-42-48(51)54-45-46(44-53-47(50)41-38-35-32-15-12-9-6-3)55-49(52)43-40-37-34-31-29-27-25-23-21-19-17-14-11-8-5-2/h22-25,46H,4-21,26-45H2,1-3H3/b24-22-,25-23-. The molecule has 0 aromatic heterocycles. The van der Waals surface area contributed by atoms with Crippen LogP contribution in [0.1, 0.15) is 252 Å². The summed E-state index contributed by atoms with van der Waals surface area (Å²) in [5.41, 5.74) is 0. The van der Waals surface area contributed by atoms with E-state index >= 15 is 0 Å². The van der Waals surface area contributed by atoms with Crippen LogP contribution < -0.4 is 0 Å². The second kappa shape index (κ2) is 44.6. The summed E-state index contributed by atoms with van der Waals surface area (Å²) in [6.07, 6.45) is 48.8. The highest BCUT2D eigenvalue weighted by Crippen LogP contribution is 2.14. The van der Waals surface area contributed by atoms with Crippen LogP contribution in [0.2, 0.25) is 0 Å². The zero-order chi connectivity index (χ0) is 40.1. The van der Waals surface area contributed by atoms with Crippen molar-refractivity contribution < 1.29 is 28.6 Å². The quantitative estimate of drug-likeness (QED) is 0.0266. The van der Waals surface area contributed by atoms with E-state index in [4.69, 9.17) is 14.2 Å². The van der Waals surface area contributed by atoms with E-state index in [1.165, 1.54) is 141 Å². The van der Waals surface area contributed by atoms with E-state index in [2.05, 4.69) is 45.1 Å². The molecular formula is C49H90O6. The number of hydrogen-bond acceptors (Lipinski definition) is 6. The summed E-state index contributed by atoms with van der Waals surface area (Å²) in [7, 11) is 0. The molecule has 0 aromatic rings. The van der Waals surface area contributed by atoms with Crippen molar-refractivity contribution in [2.45, 2.75) is 258 Å². The zero-order valence-electron chi connectivity index (χ0n) is 36.7. The lowest BCUT2D eigenvalue weighted by Crippen LogP contribution is -2.30. The SMILES string of the molecule is CCCCCCCC/C=C\CCCCCCCC(=O)OCC(COC(=O)CCCCCCCCC)OC(=O)CCCCCCC/C=C\CCCCCCCC. The smallest absolute Gasteiger partial charge is 0.306 e. The van der Waals surface area contributed by atoms with Crippen molar-refractivity contribution in [1.82, 2.24) is 0 Å². The largest absolute Gasteiger partial charge is 0.462 e. The average Bonchev–Trinajstić information content (AvgIpc) is 3.18. The number of carbonyl (C=O) groups excluding carboxylic acids is 3. The Morgan fingerprint density at radius 1 is 0.345 bits per heavy atom. The van der Waals surface area contributed by atoms with Crippen molar-refractivity contribution in [1.29, 1.82) is 0 Å². The lowest BCUT2D eigenvalue weighted by molar-refractivity contribution is -0.167. The molecule has 0 saturated heterocycles. The van der Waals surface area contributed by atoms with E-state index in [-0.39, 0.29) is 31.1 Å². The molecule has 6 heteroatoms. The van der Waals surface area contributed by atoms with Gasteiger partial charge in [0.1, 0.15) is 13.2 Å². The Labute approximate surface area is 341 Å². The molecule has 0 radical (unpaired) electrons. The van der Waals surface area contributed by atoms with Gasteiger partial charge in [-0.15, -0.1) is 0 Å². The molecule has 0 fully saturated rings. The lowest BCUT2D eigenvalue weighted by Gasteiger charge is -2.18. The van der Waals surface area contributed by atoms with Crippen molar-refractivity contribution in [3.63, 3.8) is 0 Å². The highest BCUT2D eigenvalue weighted by Gasteiger charge is 2.19. The van der Waals surface area contributed by atoms with Crippen LogP contribution in [0.15, 0.2) is 24.3 Å². The van der Waals surface area contributed by atoms with Gasteiger partial charge >= 0.3 is 17.9 Å². The van der Waals surface area contributed by atoms with Crippen molar-refractivity contribution in [2.75, 3.05) is 13.2 Å². The van der Waals surface area contributed by atoms with Gasteiger partial charge in [0.05, 0.1) is 0 Å². The number of rotatable bonds is 43. The van der Waals surface area contributed by atoms with Crippen molar-refractivity contribution in [3.05, 3.63) is 24.3 Å². The van der Waals surface area contributed by atoms with Gasteiger partial charge in [-0.05, 0) is 70.6 Å². The van der Waals surface area contributed by atoms with Crippen LogP contribution in [0.4, 0.5) is 0 Å². The van der Waals surface area contributed by atoms with Crippen molar-refractivity contribution in [3.8, 4) is 0 Å². The van der Waals surface area contributed by atoms with Crippen molar-refractivity contribution >= 4 is 17.9 Å². The van der Waals surface area contributed by atoms with E-state index in [1.54, 1.807) is 0 Å². The highest BCUT2D eigenvalue weighted by atomic mass is 16.6. The van der Waals surface area contributed by atoms with E-state index in [9.17, 15) is 14.4 Å². The van der Waals surface area contributed by atoms with Gasteiger partial charge in [0.25, 0.3) is 0 Å². The molecule has 0 heterocycles. The van der Waals surface area contributed by atoms with Crippen LogP contribution >= 0.6 is 0 Å². The molecule has 0 amide bonds. The van der Waals surface area contributed by atoms with E-state index < -0.39 is 6.10 Å². The fourth-order valence-electron chi connectivity index (χ4n) is 6.78. The molecule has 55 heavy (non-hydrogen) atoms. The topological polar surface area (TPSA) is 78.9 Å². The Morgan fingerprint density at radius 2 is 0.600 bits per heavy atom. The normalized spacial score (nSPS) is 12.1. The average molecular weight is 775 g/mol. The lowest BCUT2D eigenvalue weighted by atomic mass is 10.1. The second-order valence-corrected chi connectivity index (χ2v) is 16.0. The van der Waals surface area contributed by atoms with E-state index in [0.717, 1.165) is 70.6 Å². The number of unbranched alkanes of at least 4 members (excludes halogenated alkanes) is 28. The van der Waals surface area contributed by atoms with Gasteiger partial charge in [0.2, 0.25) is 0 Å². The highest BCUT2D eigenvalue weighted by molar-refractivity contribution is 5.71. The zero-order valence-corrected chi connectivity index (χ0v) is 36.7. The van der Waals surface area contributed by atoms with Gasteiger partial charge in [0, 0.05) is 19.3 Å². The van der Waals surface area contributed by atoms with Crippen LogP contribution in [-0.2, 0) is 28.6 Å².